The van der Waals surface area contributed by atoms with E-state index >= 15 is 0 Å². The van der Waals surface area contributed by atoms with Gasteiger partial charge in [0.25, 0.3) is 0 Å². The monoisotopic (exact) mass is 430 g/mol. The SMILES string of the molecule is CCOc1cc2[nH]c(O)c(C(=Nc3ccc(OC)cc3)c3ccccc3)c2cc1OCC. The van der Waals surface area contributed by atoms with Crippen molar-refractivity contribution in [3.05, 3.63) is 77.9 Å². The maximum atomic E-state index is 10.9. The lowest BCUT2D eigenvalue weighted by molar-refractivity contribution is 0.288. The van der Waals surface area contributed by atoms with Crippen molar-refractivity contribution in [1.29, 1.82) is 0 Å². The van der Waals surface area contributed by atoms with Crippen LogP contribution in [-0.4, -0.2) is 36.1 Å². The summed E-state index contributed by atoms with van der Waals surface area (Å²) in [6.07, 6.45) is 0. The number of nitrogens with one attached hydrogen (secondary N) is 1. The fourth-order valence-electron chi connectivity index (χ4n) is 3.61. The Balaban J connectivity index is 1.94. The summed E-state index contributed by atoms with van der Waals surface area (Å²) >= 11 is 0. The summed E-state index contributed by atoms with van der Waals surface area (Å²) in [6, 6.07) is 21.0. The highest BCUT2D eigenvalue weighted by molar-refractivity contribution is 6.22. The Morgan fingerprint density at radius 3 is 2.19 bits per heavy atom. The predicted octanol–water partition coefficient (Wildman–Crippen LogP) is 5.85. The van der Waals surface area contributed by atoms with Crippen LogP contribution in [0.1, 0.15) is 25.0 Å². The summed E-state index contributed by atoms with van der Waals surface area (Å²) in [5.41, 5.74) is 3.61. The second-order valence-electron chi connectivity index (χ2n) is 7.08. The normalized spacial score (nSPS) is 11.5. The molecule has 32 heavy (non-hydrogen) atoms. The number of methoxy groups -OCH3 is 1. The Hall–Kier alpha value is -3.93. The molecule has 6 nitrogen and oxygen atoms in total. The Morgan fingerprint density at radius 2 is 1.56 bits per heavy atom. The number of aromatic nitrogens is 1. The third-order valence-corrected chi connectivity index (χ3v) is 5.04. The predicted molar refractivity (Wildman–Crippen MR) is 127 cm³/mol. The van der Waals surface area contributed by atoms with Gasteiger partial charge in [-0.2, -0.15) is 0 Å². The summed E-state index contributed by atoms with van der Waals surface area (Å²) in [5.74, 6) is 2.04. The van der Waals surface area contributed by atoms with Crippen molar-refractivity contribution in [3.63, 3.8) is 0 Å². The first-order valence-corrected chi connectivity index (χ1v) is 10.6. The van der Waals surface area contributed by atoms with Crippen LogP contribution in [0.15, 0.2) is 71.7 Å². The van der Waals surface area contributed by atoms with Crippen molar-refractivity contribution >= 4 is 22.3 Å². The van der Waals surface area contributed by atoms with Gasteiger partial charge in [-0.15, -0.1) is 0 Å². The van der Waals surface area contributed by atoms with Gasteiger partial charge in [-0.05, 0) is 44.2 Å². The van der Waals surface area contributed by atoms with Crippen LogP contribution in [0.3, 0.4) is 0 Å². The summed E-state index contributed by atoms with van der Waals surface area (Å²) in [7, 11) is 1.63. The molecule has 4 rings (SSSR count). The number of benzene rings is 3. The summed E-state index contributed by atoms with van der Waals surface area (Å²) in [4.78, 5) is 7.97. The number of aromatic amines is 1. The number of H-pyrrole nitrogens is 1. The molecule has 1 heterocycles. The van der Waals surface area contributed by atoms with Crippen LogP contribution in [-0.2, 0) is 0 Å². The molecule has 0 saturated heterocycles. The van der Waals surface area contributed by atoms with E-state index in [-0.39, 0.29) is 5.88 Å². The average Bonchev–Trinajstić information content (AvgIpc) is 3.13. The molecule has 0 radical (unpaired) electrons. The number of aromatic hydroxyl groups is 1. The average molecular weight is 431 g/mol. The number of fused-ring (bicyclic) bond motifs is 1. The summed E-state index contributed by atoms with van der Waals surface area (Å²) in [6.45, 7) is 4.87. The highest BCUT2D eigenvalue weighted by Gasteiger charge is 2.21. The largest absolute Gasteiger partial charge is 0.497 e. The first kappa shape index (κ1) is 21.3. The lowest BCUT2D eigenvalue weighted by Crippen LogP contribution is -2.03. The van der Waals surface area contributed by atoms with Gasteiger partial charge >= 0.3 is 0 Å². The van der Waals surface area contributed by atoms with Crippen LogP contribution in [0.5, 0.6) is 23.1 Å². The van der Waals surface area contributed by atoms with Gasteiger partial charge in [-0.1, -0.05) is 30.3 Å². The second kappa shape index (κ2) is 9.47. The third-order valence-electron chi connectivity index (χ3n) is 5.04. The first-order chi connectivity index (χ1) is 15.6. The quantitative estimate of drug-likeness (QED) is 0.344. The number of nitrogens with zero attached hydrogens (tertiary/aromatic N) is 1. The van der Waals surface area contributed by atoms with Gasteiger partial charge in [0.2, 0.25) is 0 Å². The molecule has 1 aromatic heterocycles. The number of aliphatic imine (C=N–C) groups is 1. The zero-order valence-corrected chi connectivity index (χ0v) is 18.4. The lowest BCUT2D eigenvalue weighted by Gasteiger charge is -2.12. The van der Waals surface area contributed by atoms with Gasteiger partial charge in [0.05, 0.1) is 42.8 Å². The number of hydrogen-bond donors (Lipinski definition) is 2. The highest BCUT2D eigenvalue weighted by Crippen LogP contribution is 2.38. The van der Waals surface area contributed by atoms with Gasteiger partial charge in [0.15, 0.2) is 17.4 Å². The minimum Gasteiger partial charge on any atom is -0.497 e. The van der Waals surface area contributed by atoms with Crippen molar-refractivity contribution in [1.82, 2.24) is 4.98 Å². The molecular formula is C26H26N2O4. The van der Waals surface area contributed by atoms with E-state index in [9.17, 15) is 5.11 Å². The zero-order chi connectivity index (χ0) is 22.5. The molecule has 6 heteroatoms. The Morgan fingerprint density at radius 1 is 0.906 bits per heavy atom. The van der Waals surface area contributed by atoms with Crippen molar-refractivity contribution in [2.45, 2.75) is 13.8 Å². The second-order valence-corrected chi connectivity index (χ2v) is 7.08. The van der Waals surface area contributed by atoms with Crippen molar-refractivity contribution < 1.29 is 19.3 Å². The van der Waals surface area contributed by atoms with E-state index in [1.807, 2.05) is 80.6 Å². The molecule has 164 valence electrons. The molecule has 0 atom stereocenters. The molecule has 2 N–H and O–H groups in total. The van der Waals surface area contributed by atoms with E-state index in [1.54, 1.807) is 7.11 Å². The topological polar surface area (TPSA) is 76.1 Å². The minimum absolute atomic E-state index is 0.0345. The molecule has 4 aromatic rings. The molecule has 0 aliphatic heterocycles. The smallest absolute Gasteiger partial charge is 0.199 e. The van der Waals surface area contributed by atoms with Gasteiger partial charge in [-0.25, -0.2) is 4.99 Å². The molecule has 0 amide bonds. The van der Waals surface area contributed by atoms with Crippen LogP contribution >= 0.6 is 0 Å². The van der Waals surface area contributed by atoms with E-state index in [2.05, 4.69) is 4.98 Å². The van der Waals surface area contributed by atoms with Crippen molar-refractivity contribution in [2.75, 3.05) is 20.3 Å². The Kier molecular flexibility index (Phi) is 6.31. The first-order valence-electron chi connectivity index (χ1n) is 10.6. The summed E-state index contributed by atoms with van der Waals surface area (Å²) in [5, 5.41) is 11.7. The highest BCUT2D eigenvalue weighted by atomic mass is 16.5. The standard InChI is InChI=1S/C26H26N2O4/c1-4-31-22-15-20-21(16-23(22)32-5-2)28-26(29)24(20)25(17-9-7-6-8-10-17)27-18-11-13-19(30-3)14-12-18/h6-16,28-29H,4-5H2,1-3H3. The molecule has 0 bridgehead atoms. The zero-order valence-electron chi connectivity index (χ0n) is 18.4. The van der Waals surface area contributed by atoms with Crippen LogP contribution in [0.4, 0.5) is 5.69 Å². The van der Waals surface area contributed by atoms with Crippen molar-refractivity contribution in [3.8, 4) is 23.1 Å². The van der Waals surface area contributed by atoms with Crippen LogP contribution in [0.2, 0.25) is 0 Å². The molecular weight excluding hydrogens is 404 g/mol. The molecule has 0 fully saturated rings. The maximum Gasteiger partial charge on any atom is 0.199 e. The molecule has 0 aliphatic rings. The fourth-order valence-corrected chi connectivity index (χ4v) is 3.61. The van der Waals surface area contributed by atoms with Gasteiger partial charge < -0.3 is 24.3 Å². The molecule has 3 aromatic carbocycles. The lowest BCUT2D eigenvalue weighted by atomic mass is 10.0. The van der Waals surface area contributed by atoms with Gasteiger partial charge in [-0.3, -0.25) is 0 Å². The number of hydrogen-bond acceptors (Lipinski definition) is 5. The van der Waals surface area contributed by atoms with E-state index in [0.29, 0.717) is 36.0 Å². The fraction of sp³-hybridized carbons (Fsp3) is 0.192. The van der Waals surface area contributed by atoms with Crippen molar-refractivity contribution in [2.24, 2.45) is 4.99 Å². The minimum atomic E-state index is 0.0345. The molecule has 0 spiro atoms. The third kappa shape index (κ3) is 4.25. The van der Waals surface area contributed by atoms with Crippen LogP contribution in [0, 0.1) is 0 Å². The number of ether oxygens (including phenoxy) is 3. The number of rotatable bonds is 8. The Bertz CT molecular complexity index is 1230. The van der Waals surface area contributed by atoms with Gasteiger partial charge in [0.1, 0.15) is 5.75 Å². The molecule has 0 unspecified atom stereocenters. The Labute approximate surface area is 187 Å². The van der Waals surface area contributed by atoms with Crippen LogP contribution in [0.25, 0.3) is 10.9 Å². The van der Waals surface area contributed by atoms with Crippen LogP contribution < -0.4 is 14.2 Å². The maximum absolute atomic E-state index is 10.9. The van der Waals surface area contributed by atoms with Gasteiger partial charge in [0, 0.05) is 17.0 Å². The van der Waals surface area contributed by atoms with E-state index in [0.717, 1.165) is 27.9 Å². The molecule has 0 aliphatic carbocycles. The van der Waals surface area contributed by atoms with E-state index in [1.165, 1.54) is 0 Å². The van der Waals surface area contributed by atoms with E-state index < -0.39 is 0 Å². The summed E-state index contributed by atoms with van der Waals surface area (Å²) < 4.78 is 16.8. The molecule has 0 saturated carbocycles. The van der Waals surface area contributed by atoms with E-state index in [4.69, 9.17) is 19.2 Å².